The Bertz CT molecular complexity index is 394. The Morgan fingerprint density at radius 3 is 2.47 bits per heavy atom. The molecule has 3 heteroatoms. The molecule has 1 aromatic rings. The molecular formula is C16H23ClO2. The second-order valence-corrected chi connectivity index (χ2v) is 6.22. The van der Waals surface area contributed by atoms with E-state index in [0.29, 0.717) is 19.8 Å². The van der Waals surface area contributed by atoms with Gasteiger partial charge < -0.3 is 9.47 Å². The molecule has 0 radical (unpaired) electrons. The predicted octanol–water partition coefficient (Wildman–Crippen LogP) is 4.07. The Hall–Kier alpha value is -0.570. The van der Waals surface area contributed by atoms with Crippen LogP contribution in [0.2, 0.25) is 0 Å². The van der Waals surface area contributed by atoms with E-state index in [4.69, 9.17) is 21.1 Å². The zero-order chi connectivity index (χ0) is 13.9. The van der Waals surface area contributed by atoms with Crippen LogP contribution in [0.3, 0.4) is 0 Å². The highest BCUT2D eigenvalue weighted by Crippen LogP contribution is 2.31. The fourth-order valence-electron chi connectivity index (χ4n) is 2.21. The van der Waals surface area contributed by atoms with Crippen molar-refractivity contribution in [2.45, 2.75) is 44.1 Å². The molecule has 2 unspecified atom stereocenters. The van der Waals surface area contributed by atoms with E-state index in [0.717, 1.165) is 12.0 Å². The van der Waals surface area contributed by atoms with Crippen LogP contribution in [-0.2, 0) is 14.9 Å². The summed E-state index contributed by atoms with van der Waals surface area (Å²) in [4.78, 5) is 0. The molecule has 19 heavy (non-hydrogen) atoms. The van der Waals surface area contributed by atoms with Gasteiger partial charge >= 0.3 is 0 Å². The standard InChI is InChI=1S/C16H23ClO2/c1-4-16(2,3)13-7-5-12(6-8-13)15(17)14-11-18-9-10-19-14/h5-8,14-15H,4,9-11H2,1-3H3. The average molecular weight is 283 g/mol. The van der Waals surface area contributed by atoms with E-state index >= 15 is 0 Å². The molecule has 2 rings (SSSR count). The first kappa shape index (κ1) is 14.8. The molecule has 1 heterocycles. The van der Waals surface area contributed by atoms with E-state index in [1.54, 1.807) is 0 Å². The molecule has 0 spiro atoms. The van der Waals surface area contributed by atoms with Crippen LogP contribution in [0.15, 0.2) is 24.3 Å². The molecule has 0 bridgehead atoms. The van der Waals surface area contributed by atoms with Crippen molar-refractivity contribution in [2.24, 2.45) is 0 Å². The molecule has 0 aromatic heterocycles. The summed E-state index contributed by atoms with van der Waals surface area (Å²) in [7, 11) is 0. The quantitative estimate of drug-likeness (QED) is 0.775. The van der Waals surface area contributed by atoms with Crippen molar-refractivity contribution in [1.29, 1.82) is 0 Å². The summed E-state index contributed by atoms with van der Waals surface area (Å²) in [5.41, 5.74) is 2.67. The van der Waals surface area contributed by atoms with Crippen molar-refractivity contribution >= 4 is 11.6 Å². The number of hydrogen-bond donors (Lipinski definition) is 0. The number of hydrogen-bond acceptors (Lipinski definition) is 2. The van der Waals surface area contributed by atoms with Gasteiger partial charge in [-0.15, -0.1) is 11.6 Å². The molecule has 2 atom stereocenters. The lowest BCUT2D eigenvalue weighted by Crippen LogP contribution is -2.31. The van der Waals surface area contributed by atoms with Crippen LogP contribution in [0.25, 0.3) is 0 Å². The zero-order valence-electron chi connectivity index (χ0n) is 12.0. The minimum Gasteiger partial charge on any atom is -0.376 e. The van der Waals surface area contributed by atoms with Gasteiger partial charge in [0.15, 0.2) is 0 Å². The SMILES string of the molecule is CCC(C)(C)c1ccc(C(Cl)C2COCCO2)cc1. The molecule has 0 aliphatic carbocycles. The van der Waals surface area contributed by atoms with Gasteiger partial charge in [-0.2, -0.15) is 0 Å². The van der Waals surface area contributed by atoms with Crippen LogP contribution < -0.4 is 0 Å². The summed E-state index contributed by atoms with van der Waals surface area (Å²) in [6, 6.07) is 8.58. The van der Waals surface area contributed by atoms with Gasteiger partial charge in [-0.05, 0) is 23.0 Å². The Balaban J connectivity index is 2.09. The highest BCUT2D eigenvalue weighted by atomic mass is 35.5. The van der Waals surface area contributed by atoms with E-state index in [-0.39, 0.29) is 16.9 Å². The van der Waals surface area contributed by atoms with Crippen LogP contribution in [0.1, 0.15) is 43.7 Å². The minimum absolute atomic E-state index is 0.0412. The van der Waals surface area contributed by atoms with Crippen molar-refractivity contribution in [3.05, 3.63) is 35.4 Å². The Kier molecular flexibility index (Phi) is 4.88. The number of alkyl halides is 1. The third kappa shape index (κ3) is 3.50. The molecule has 0 saturated carbocycles. The third-order valence-electron chi connectivity index (χ3n) is 4.06. The lowest BCUT2D eigenvalue weighted by atomic mass is 9.82. The molecule has 0 amide bonds. The molecule has 1 aliphatic rings. The van der Waals surface area contributed by atoms with Gasteiger partial charge in [-0.3, -0.25) is 0 Å². The molecule has 1 saturated heterocycles. The van der Waals surface area contributed by atoms with Gasteiger partial charge in [0.05, 0.1) is 25.2 Å². The second-order valence-electron chi connectivity index (χ2n) is 5.75. The summed E-state index contributed by atoms with van der Waals surface area (Å²) >= 11 is 6.48. The molecule has 2 nitrogen and oxygen atoms in total. The molecule has 106 valence electrons. The number of halogens is 1. The smallest absolute Gasteiger partial charge is 0.101 e. The Morgan fingerprint density at radius 1 is 1.26 bits per heavy atom. The molecule has 1 aromatic carbocycles. The first-order valence-corrected chi connectivity index (χ1v) is 7.42. The topological polar surface area (TPSA) is 18.5 Å². The van der Waals surface area contributed by atoms with E-state index < -0.39 is 0 Å². The van der Waals surface area contributed by atoms with Gasteiger partial charge in [-0.1, -0.05) is 45.0 Å². The largest absolute Gasteiger partial charge is 0.376 e. The van der Waals surface area contributed by atoms with E-state index in [2.05, 4.69) is 45.0 Å². The molecular weight excluding hydrogens is 260 g/mol. The van der Waals surface area contributed by atoms with Crippen molar-refractivity contribution in [1.82, 2.24) is 0 Å². The Labute approximate surface area is 121 Å². The average Bonchev–Trinajstić information content (AvgIpc) is 2.47. The predicted molar refractivity (Wildman–Crippen MR) is 78.9 cm³/mol. The fourth-order valence-corrected chi connectivity index (χ4v) is 2.50. The van der Waals surface area contributed by atoms with Gasteiger partial charge in [0.25, 0.3) is 0 Å². The molecule has 0 N–H and O–H groups in total. The highest BCUT2D eigenvalue weighted by molar-refractivity contribution is 6.21. The second kappa shape index (κ2) is 6.25. The van der Waals surface area contributed by atoms with E-state index in [9.17, 15) is 0 Å². The van der Waals surface area contributed by atoms with Crippen LogP contribution in [-0.4, -0.2) is 25.9 Å². The zero-order valence-corrected chi connectivity index (χ0v) is 12.7. The molecule has 1 fully saturated rings. The van der Waals surface area contributed by atoms with Crippen LogP contribution >= 0.6 is 11.6 Å². The lowest BCUT2D eigenvalue weighted by molar-refractivity contribution is -0.0892. The summed E-state index contributed by atoms with van der Waals surface area (Å²) in [5.74, 6) is 0. The van der Waals surface area contributed by atoms with Crippen molar-refractivity contribution < 1.29 is 9.47 Å². The fraction of sp³-hybridized carbons (Fsp3) is 0.625. The summed E-state index contributed by atoms with van der Waals surface area (Å²) in [6.07, 6.45) is 1.08. The lowest BCUT2D eigenvalue weighted by Gasteiger charge is -2.28. The Morgan fingerprint density at radius 2 is 1.95 bits per heavy atom. The maximum Gasteiger partial charge on any atom is 0.101 e. The number of benzene rings is 1. The highest BCUT2D eigenvalue weighted by Gasteiger charge is 2.25. The maximum atomic E-state index is 6.48. The van der Waals surface area contributed by atoms with Gasteiger partial charge in [0.2, 0.25) is 0 Å². The number of ether oxygens (including phenoxy) is 2. The summed E-state index contributed by atoms with van der Waals surface area (Å²) in [6.45, 7) is 8.62. The molecule has 1 aliphatic heterocycles. The van der Waals surface area contributed by atoms with Crippen molar-refractivity contribution in [3.8, 4) is 0 Å². The van der Waals surface area contributed by atoms with Crippen molar-refractivity contribution in [2.75, 3.05) is 19.8 Å². The van der Waals surface area contributed by atoms with Gasteiger partial charge in [0, 0.05) is 0 Å². The normalized spacial score (nSPS) is 22.2. The summed E-state index contributed by atoms with van der Waals surface area (Å²) in [5, 5.41) is -0.140. The van der Waals surface area contributed by atoms with Crippen LogP contribution in [0.4, 0.5) is 0 Å². The van der Waals surface area contributed by atoms with E-state index in [1.807, 2.05) is 0 Å². The first-order chi connectivity index (χ1) is 9.04. The third-order valence-corrected chi connectivity index (χ3v) is 4.60. The van der Waals surface area contributed by atoms with Crippen molar-refractivity contribution in [3.63, 3.8) is 0 Å². The van der Waals surface area contributed by atoms with Gasteiger partial charge in [0.1, 0.15) is 6.10 Å². The van der Waals surface area contributed by atoms with Gasteiger partial charge in [-0.25, -0.2) is 0 Å². The first-order valence-electron chi connectivity index (χ1n) is 6.98. The van der Waals surface area contributed by atoms with E-state index in [1.165, 1.54) is 5.56 Å². The monoisotopic (exact) mass is 282 g/mol. The van der Waals surface area contributed by atoms with Crippen LogP contribution in [0, 0.1) is 0 Å². The minimum atomic E-state index is -0.140. The van der Waals surface area contributed by atoms with Crippen LogP contribution in [0.5, 0.6) is 0 Å². The number of rotatable bonds is 4. The summed E-state index contributed by atoms with van der Waals surface area (Å²) < 4.78 is 11.1. The maximum absolute atomic E-state index is 6.48.